The molecule has 1 unspecified atom stereocenters. The minimum Gasteiger partial charge on any atom is -0.444 e. The maximum Gasteiger partial charge on any atom is 0.410 e. The van der Waals surface area contributed by atoms with E-state index in [9.17, 15) is 14.4 Å². The van der Waals surface area contributed by atoms with Gasteiger partial charge in [-0.2, -0.15) is 0 Å². The molecule has 1 aromatic rings. The lowest BCUT2D eigenvalue weighted by Gasteiger charge is -2.27. The Morgan fingerprint density at radius 2 is 2.00 bits per heavy atom. The van der Waals surface area contributed by atoms with Gasteiger partial charge in [-0.1, -0.05) is 22.0 Å². The van der Waals surface area contributed by atoms with E-state index in [1.165, 1.54) is 4.90 Å². The van der Waals surface area contributed by atoms with Gasteiger partial charge in [0.1, 0.15) is 11.6 Å². The number of hydrogen-bond donors (Lipinski definition) is 2. The van der Waals surface area contributed by atoms with Gasteiger partial charge in [-0.05, 0) is 51.8 Å². The van der Waals surface area contributed by atoms with Crippen molar-refractivity contribution in [3.63, 3.8) is 0 Å². The van der Waals surface area contributed by atoms with Gasteiger partial charge >= 0.3 is 12.1 Å². The Labute approximate surface area is 155 Å². The van der Waals surface area contributed by atoms with E-state index in [4.69, 9.17) is 4.74 Å². The zero-order valence-corrected chi connectivity index (χ0v) is 16.1. The van der Waals surface area contributed by atoms with E-state index in [0.717, 1.165) is 4.47 Å². The summed E-state index contributed by atoms with van der Waals surface area (Å²) in [5, 5.41) is 4.87. The highest BCUT2D eigenvalue weighted by molar-refractivity contribution is 9.10. The molecule has 0 saturated carbocycles. The van der Waals surface area contributed by atoms with Gasteiger partial charge in [0.15, 0.2) is 0 Å². The first-order chi connectivity index (χ1) is 11.7. The number of imide groups is 1. The van der Waals surface area contributed by atoms with Crippen molar-refractivity contribution in [1.82, 2.24) is 10.2 Å². The number of likely N-dealkylation sites (tertiary alicyclic amines) is 1. The maximum atomic E-state index is 12.4. The number of amides is 4. The molecule has 2 N–H and O–H groups in total. The highest BCUT2D eigenvalue weighted by Gasteiger charge is 2.37. The highest BCUT2D eigenvalue weighted by Crippen LogP contribution is 2.21. The Morgan fingerprint density at radius 3 is 2.64 bits per heavy atom. The first-order valence-electron chi connectivity index (χ1n) is 8.03. The summed E-state index contributed by atoms with van der Waals surface area (Å²) in [4.78, 5) is 37.9. The lowest BCUT2D eigenvalue weighted by Crippen LogP contribution is -2.49. The molecule has 7 nitrogen and oxygen atoms in total. The van der Waals surface area contributed by atoms with E-state index in [1.807, 2.05) is 6.07 Å². The molecule has 1 aliphatic heterocycles. The lowest BCUT2D eigenvalue weighted by molar-refractivity contribution is -0.124. The molecular weight excluding hydrogens is 390 g/mol. The third kappa shape index (κ3) is 5.74. The number of halogens is 1. The number of anilines is 1. The average Bonchev–Trinajstić information content (AvgIpc) is 2.94. The molecular formula is C17H22BrN3O4. The first-order valence-corrected chi connectivity index (χ1v) is 8.82. The number of nitrogens with zero attached hydrogens (tertiary/aromatic N) is 1. The molecule has 0 bridgehead atoms. The molecule has 25 heavy (non-hydrogen) atoms. The zero-order valence-electron chi connectivity index (χ0n) is 14.5. The molecule has 0 aliphatic carbocycles. The van der Waals surface area contributed by atoms with Crippen LogP contribution in [0.15, 0.2) is 28.7 Å². The van der Waals surface area contributed by atoms with E-state index < -0.39 is 29.7 Å². The highest BCUT2D eigenvalue weighted by atomic mass is 79.9. The van der Waals surface area contributed by atoms with Crippen molar-refractivity contribution in [3.05, 3.63) is 28.7 Å². The number of carbonyl (C=O) groups is 3. The molecule has 2 rings (SSSR count). The fourth-order valence-corrected chi connectivity index (χ4v) is 2.90. The van der Waals surface area contributed by atoms with Gasteiger partial charge in [-0.15, -0.1) is 0 Å². The quantitative estimate of drug-likeness (QED) is 0.779. The summed E-state index contributed by atoms with van der Waals surface area (Å²) in [6.45, 7) is 5.73. The predicted octanol–water partition coefficient (Wildman–Crippen LogP) is 3.50. The SMILES string of the molecule is CC(C)(C)OC(=O)N1CCCC1C(=O)NC(=O)Nc1cccc(Br)c1. The second-order valence-corrected chi connectivity index (χ2v) is 7.70. The standard InChI is InChI=1S/C17H22BrN3O4/c1-17(2,3)25-16(24)21-9-5-8-13(21)14(22)20-15(23)19-12-7-4-6-11(18)10-12/h4,6-7,10,13H,5,8-9H2,1-3H3,(H2,19,20,22,23). The molecule has 1 atom stereocenters. The van der Waals surface area contributed by atoms with Gasteiger partial charge in [-0.3, -0.25) is 15.0 Å². The molecule has 0 spiro atoms. The van der Waals surface area contributed by atoms with Crippen LogP contribution in [0.4, 0.5) is 15.3 Å². The Morgan fingerprint density at radius 1 is 1.28 bits per heavy atom. The number of rotatable bonds is 2. The summed E-state index contributed by atoms with van der Waals surface area (Å²) in [6, 6.07) is 5.67. The van der Waals surface area contributed by atoms with Crippen LogP contribution in [0.1, 0.15) is 33.6 Å². The lowest BCUT2D eigenvalue weighted by atomic mass is 10.2. The number of benzene rings is 1. The molecule has 8 heteroatoms. The number of ether oxygens (including phenoxy) is 1. The molecule has 136 valence electrons. The summed E-state index contributed by atoms with van der Waals surface area (Å²) in [5.41, 5.74) is -0.0891. The predicted molar refractivity (Wildman–Crippen MR) is 97.3 cm³/mol. The summed E-state index contributed by atoms with van der Waals surface area (Å²) >= 11 is 3.31. The van der Waals surface area contributed by atoms with Crippen LogP contribution in [0.3, 0.4) is 0 Å². The van der Waals surface area contributed by atoms with Crippen LogP contribution in [-0.4, -0.2) is 41.1 Å². The van der Waals surface area contributed by atoms with Crippen LogP contribution in [0.5, 0.6) is 0 Å². The largest absolute Gasteiger partial charge is 0.444 e. The van der Waals surface area contributed by atoms with E-state index in [-0.39, 0.29) is 0 Å². The van der Waals surface area contributed by atoms with Crippen LogP contribution < -0.4 is 10.6 Å². The molecule has 0 aromatic heterocycles. The monoisotopic (exact) mass is 411 g/mol. The van der Waals surface area contributed by atoms with E-state index >= 15 is 0 Å². The maximum absolute atomic E-state index is 12.4. The van der Waals surface area contributed by atoms with E-state index in [2.05, 4.69) is 26.6 Å². The third-order valence-electron chi connectivity index (χ3n) is 3.50. The van der Waals surface area contributed by atoms with Gasteiger partial charge in [0, 0.05) is 16.7 Å². The Kier molecular flexibility index (Phi) is 6.05. The fraction of sp³-hybridized carbons (Fsp3) is 0.471. The van der Waals surface area contributed by atoms with Gasteiger partial charge < -0.3 is 10.1 Å². The van der Waals surface area contributed by atoms with Gasteiger partial charge in [0.05, 0.1) is 0 Å². The smallest absolute Gasteiger partial charge is 0.410 e. The number of carbonyl (C=O) groups excluding carboxylic acids is 3. The molecule has 0 radical (unpaired) electrons. The van der Waals surface area contributed by atoms with Crippen molar-refractivity contribution in [2.24, 2.45) is 0 Å². The molecule has 1 saturated heterocycles. The minimum atomic E-state index is -0.705. The average molecular weight is 412 g/mol. The van der Waals surface area contributed by atoms with Gasteiger partial charge in [-0.25, -0.2) is 9.59 Å². The summed E-state index contributed by atoms with van der Waals surface area (Å²) in [5.74, 6) is -0.518. The van der Waals surface area contributed by atoms with Crippen molar-refractivity contribution in [2.45, 2.75) is 45.3 Å². The zero-order chi connectivity index (χ0) is 18.6. The Hall–Kier alpha value is -2.09. The fourth-order valence-electron chi connectivity index (χ4n) is 2.50. The normalized spacial score (nSPS) is 17.1. The van der Waals surface area contributed by atoms with E-state index in [1.54, 1.807) is 39.0 Å². The van der Waals surface area contributed by atoms with Gasteiger partial charge in [0.25, 0.3) is 5.91 Å². The van der Waals surface area contributed by atoms with Gasteiger partial charge in [0.2, 0.25) is 0 Å². The molecule has 4 amide bonds. The van der Waals surface area contributed by atoms with Crippen molar-refractivity contribution in [2.75, 3.05) is 11.9 Å². The summed E-state index contributed by atoms with van der Waals surface area (Å²) < 4.78 is 6.13. The molecule has 1 aromatic carbocycles. The molecule has 1 fully saturated rings. The van der Waals surface area contributed by atoms with Crippen molar-refractivity contribution >= 4 is 39.6 Å². The van der Waals surface area contributed by atoms with Crippen molar-refractivity contribution in [1.29, 1.82) is 0 Å². The number of urea groups is 1. The second-order valence-electron chi connectivity index (χ2n) is 6.79. The van der Waals surface area contributed by atoms with Crippen molar-refractivity contribution in [3.8, 4) is 0 Å². The third-order valence-corrected chi connectivity index (χ3v) is 4.00. The van der Waals surface area contributed by atoms with Crippen LogP contribution in [0, 0.1) is 0 Å². The Balaban J connectivity index is 1.94. The van der Waals surface area contributed by atoms with Crippen LogP contribution in [0.25, 0.3) is 0 Å². The molecule has 1 heterocycles. The first kappa shape index (κ1) is 19.2. The van der Waals surface area contributed by atoms with Crippen LogP contribution >= 0.6 is 15.9 Å². The van der Waals surface area contributed by atoms with E-state index in [0.29, 0.717) is 25.1 Å². The second kappa shape index (κ2) is 7.86. The Bertz CT molecular complexity index is 672. The van der Waals surface area contributed by atoms with Crippen LogP contribution in [0.2, 0.25) is 0 Å². The van der Waals surface area contributed by atoms with Crippen molar-refractivity contribution < 1.29 is 19.1 Å². The topological polar surface area (TPSA) is 87.7 Å². The number of nitrogens with one attached hydrogen (secondary N) is 2. The summed E-state index contributed by atoms with van der Waals surface area (Å²) in [7, 11) is 0. The number of hydrogen-bond acceptors (Lipinski definition) is 4. The molecule has 1 aliphatic rings. The van der Waals surface area contributed by atoms with Crippen LogP contribution in [-0.2, 0) is 9.53 Å². The summed E-state index contributed by atoms with van der Waals surface area (Å²) in [6.07, 6.45) is 0.636. The minimum absolute atomic E-state index is 0.431.